The number of nitrogens with zero attached hydrogens (tertiary/aromatic N) is 1. The normalized spacial score (nSPS) is 12.4. The fourth-order valence-electron chi connectivity index (χ4n) is 2.21. The highest BCUT2D eigenvalue weighted by Gasteiger charge is 2.15. The fourth-order valence-corrected chi connectivity index (χ4v) is 2.57. The molecule has 1 N–H and O–H groups in total. The maximum atomic E-state index is 6.35. The highest BCUT2D eigenvalue weighted by Crippen LogP contribution is 2.26. The van der Waals surface area contributed by atoms with Crippen LogP contribution in [0.3, 0.4) is 0 Å². The van der Waals surface area contributed by atoms with E-state index in [0.29, 0.717) is 0 Å². The molecule has 1 unspecified atom stereocenters. The molecule has 0 saturated carbocycles. The van der Waals surface area contributed by atoms with E-state index in [1.54, 1.807) is 0 Å². The Balaban J connectivity index is 2.28. The third-order valence-electron chi connectivity index (χ3n) is 3.40. The molecule has 0 amide bonds. The summed E-state index contributed by atoms with van der Waals surface area (Å²) in [5, 5.41) is 4.14. The summed E-state index contributed by atoms with van der Waals surface area (Å²) in [5.41, 5.74) is 4.63. The minimum absolute atomic E-state index is 0.182. The average Bonchev–Trinajstić information content (AvgIpc) is 2.39. The number of nitrogens with one attached hydrogen (secondary N) is 1. The molecule has 2 rings (SSSR count). The number of benzene rings is 1. The van der Waals surface area contributed by atoms with E-state index in [2.05, 4.69) is 35.4 Å². The zero-order valence-electron chi connectivity index (χ0n) is 11.6. The zero-order chi connectivity index (χ0) is 13.8. The Morgan fingerprint density at radius 1 is 1.26 bits per heavy atom. The van der Waals surface area contributed by atoms with Crippen LogP contribution in [-0.4, -0.2) is 12.0 Å². The Morgan fingerprint density at radius 3 is 2.68 bits per heavy atom. The number of hydrogen-bond donors (Lipinski definition) is 1. The van der Waals surface area contributed by atoms with Crippen molar-refractivity contribution in [3.63, 3.8) is 0 Å². The average molecular weight is 275 g/mol. The van der Waals surface area contributed by atoms with Crippen LogP contribution in [0.4, 0.5) is 0 Å². The van der Waals surface area contributed by atoms with Crippen LogP contribution in [0.2, 0.25) is 5.02 Å². The number of pyridine rings is 1. The van der Waals surface area contributed by atoms with Gasteiger partial charge in [-0.3, -0.25) is 4.98 Å². The Bertz CT molecular complexity index is 566. The lowest BCUT2D eigenvalue weighted by Crippen LogP contribution is -2.20. The molecular formula is C16H19ClN2. The van der Waals surface area contributed by atoms with Gasteiger partial charge in [-0.25, -0.2) is 0 Å². The van der Waals surface area contributed by atoms with Crippen molar-refractivity contribution in [2.45, 2.75) is 26.3 Å². The standard InChI is InChI=1S/C16H19ClN2/c1-11-6-7-13(14(17)9-11)16(18-3)10-15-12(2)5-4-8-19-15/h4-9,16,18H,10H2,1-3H3. The van der Waals surface area contributed by atoms with Crippen LogP contribution in [0.25, 0.3) is 0 Å². The first-order chi connectivity index (χ1) is 9.11. The second-order valence-electron chi connectivity index (χ2n) is 4.84. The third-order valence-corrected chi connectivity index (χ3v) is 3.72. The summed E-state index contributed by atoms with van der Waals surface area (Å²) in [4.78, 5) is 4.46. The van der Waals surface area contributed by atoms with Crippen molar-refractivity contribution in [3.05, 3.63) is 63.9 Å². The van der Waals surface area contributed by atoms with Crippen molar-refractivity contribution in [2.24, 2.45) is 0 Å². The molecule has 100 valence electrons. The fraction of sp³-hybridized carbons (Fsp3) is 0.312. The van der Waals surface area contributed by atoms with Crippen LogP contribution in [0.1, 0.15) is 28.4 Å². The van der Waals surface area contributed by atoms with Gasteiger partial charge in [0.15, 0.2) is 0 Å². The minimum Gasteiger partial charge on any atom is -0.313 e. The van der Waals surface area contributed by atoms with Crippen molar-refractivity contribution in [1.82, 2.24) is 10.3 Å². The van der Waals surface area contributed by atoms with Gasteiger partial charge in [-0.1, -0.05) is 29.8 Å². The third kappa shape index (κ3) is 3.34. The highest BCUT2D eigenvalue weighted by atomic mass is 35.5. The van der Waals surface area contributed by atoms with Crippen LogP contribution >= 0.6 is 11.6 Å². The summed E-state index contributed by atoms with van der Waals surface area (Å²) in [6.07, 6.45) is 2.68. The molecule has 2 nitrogen and oxygen atoms in total. The molecule has 0 bridgehead atoms. The molecule has 0 aliphatic carbocycles. The Labute approximate surface area is 119 Å². The first kappa shape index (κ1) is 14.0. The highest BCUT2D eigenvalue weighted by molar-refractivity contribution is 6.31. The van der Waals surface area contributed by atoms with Gasteiger partial charge in [0, 0.05) is 29.4 Å². The first-order valence-corrected chi connectivity index (χ1v) is 6.83. The molecule has 0 fully saturated rings. The van der Waals surface area contributed by atoms with Crippen molar-refractivity contribution in [3.8, 4) is 0 Å². The van der Waals surface area contributed by atoms with Gasteiger partial charge in [-0.15, -0.1) is 0 Å². The number of likely N-dealkylation sites (N-methyl/N-ethyl adjacent to an activating group) is 1. The van der Waals surface area contributed by atoms with E-state index in [1.807, 2.05) is 32.3 Å². The number of aryl methyl sites for hydroxylation is 2. The van der Waals surface area contributed by atoms with E-state index in [9.17, 15) is 0 Å². The maximum Gasteiger partial charge on any atom is 0.0456 e. The predicted molar refractivity (Wildman–Crippen MR) is 80.7 cm³/mol. The van der Waals surface area contributed by atoms with Crippen molar-refractivity contribution in [2.75, 3.05) is 7.05 Å². The molecule has 2 aromatic rings. The smallest absolute Gasteiger partial charge is 0.0456 e. The van der Waals surface area contributed by atoms with E-state index < -0.39 is 0 Å². The largest absolute Gasteiger partial charge is 0.313 e. The lowest BCUT2D eigenvalue weighted by atomic mass is 9.99. The zero-order valence-corrected chi connectivity index (χ0v) is 12.3. The van der Waals surface area contributed by atoms with Crippen molar-refractivity contribution >= 4 is 11.6 Å². The molecule has 1 aromatic heterocycles. The number of hydrogen-bond acceptors (Lipinski definition) is 2. The molecule has 1 atom stereocenters. The van der Waals surface area contributed by atoms with Crippen LogP contribution in [-0.2, 0) is 6.42 Å². The second-order valence-corrected chi connectivity index (χ2v) is 5.24. The molecule has 0 saturated heterocycles. The number of rotatable bonds is 4. The Kier molecular flexibility index (Phi) is 4.56. The topological polar surface area (TPSA) is 24.9 Å². The summed E-state index contributed by atoms with van der Waals surface area (Å²) in [7, 11) is 1.96. The Morgan fingerprint density at radius 2 is 2.05 bits per heavy atom. The molecule has 0 radical (unpaired) electrons. The van der Waals surface area contributed by atoms with E-state index in [4.69, 9.17) is 11.6 Å². The van der Waals surface area contributed by atoms with E-state index in [1.165, 1.54) is 11.1 Å². The van der Waals surface area contributed by atoms with Gasteiger partial charge in [0.2, 0.25) is 0 Å². The lowest BCUT2D eigenvalue weighted by Gasteiger charge is -2.19. The van der Waals surface area contributed by atoms with Gasteiger partial charge in [0.1, 0.15) is 0 Å². The summed E-state index contributed by atoms with van der Waals surface area (Å²) in [6, 6.07) is 10.4. The van der Waals surface area contributed by atoms with Crippen LogP contribution < -0.4 is 5.32 Å². The van der Waals surface area contributed by atoms with Crippen LogP contribution in [0.15, 0.2) is 36.5 Å². The SMILES string of the molecule is CNC(Cc1ncccc1C)c1ccc(C)cc1Cl. The van der Waals surface area contributed by atoms with E-state index >= 15 is 0 Å². The maximum absolute atomic E-state index is 6.35. The van der Waals surface area contributed by atoms with Crippen LogP contribution in [0, 0.1) is 13.8 Å². The van der Waals surface area contributed by atoms with Gasteiger partial charge in [-0.05, 0) is 49.7 Å². The second kappa shape index (κ2) is 6.18. The monoisotopic (exact) mass is 274 g/mol. The molecule has 19 heavy (non-hydrogen) atoms. The summed E-state index contributed by atoms with van der Waals surface area (Å²) in [5.74, 6) is 0. The molecule has 0 aliphatic rings. The van der Waals surface area contributed by atoms with Crippen LogP contribution in [0.5, 0.6) is 0 Å². The quantitative estimate of drug-likeness (QED) is 0.916. The predicted octanol–water partition coefficient (Wildman–Crippen LogP) is 3.86. The Hall–Kier alpha value is -1.38. The van der Waals surface area contributed by atoms with Gasteiger partial charge >= 0.3 is 0 Å². The number of aromatic nitrogens is 1. The summed E-state index contributed by atoms with van der Waals surface area (Å²) >= 11 is 6.35. The minimum atomic E-state index is 0.182. The van der Waals surface area contributed by atoms with Gasteiger partial charge in [-0.2, -0.15) is 0 Å². The van der Waals surface area contributed by atoms with E-state index in [-0.39, 0.29) is 6.04 Å². The molecule has 1 heterocycles. The first-order valence-electron chi connectivity index (χ1n) is 6.45. The summed E-state index contributed by atoms with van der Waals surface area (Å²) < 4.78 is 0. The van der Waals surface area contributed by atoms with Gasteiger partial charge < -0.3 is 5.32 Å². The molecule has 0 spiro atoms. The summed E-state index contributed by atoms with van der Waals surface area (Å²) in [6.45, 7) is 4.14. The van der Waals surface area contributed by atoms with Crippen molar-refractivity contribution < 1.29 is 0 Å². The molecule has 3 heteroatoms. The van der Waals surface area contributed by atoms with Gasteiger partial charge in [0.05, 0.1) is 0 Å². The molecule has 0 aliphatic heterocycles. The molecular weight excluding hydrogens is 256 g/mol. The van der Waals surface area contributed by atoms with Crippen molar-refractivity contribution in [1.29, 1.82) is 0 Å². The van der Waals surface area contributed by atoms with E-state index in [0.717, 1.165) is 22.7 Å². The number of halogens is 1. The lowest BCUT2D eigenvalue weighted by molar-refractivity contribution is 0.582. The molecule has 1 aromatic carbocycles. The van der Waals surface area contributed by atoms with Gasteiger partial charge in [0.25, 0.3) is 0 Å².